The molecule has 94 valence electrons. The van der Waals surface area contributed by atoms with Crippen molar-refractivity contribution in [2.45, 2.75) is 38.0 Å². The van der Waals surface area contributed by atoms with Gasteiger partial charge in [0.25, 0.3) is 0 Å². The fourth-order valence-corrected chi connectivity index (χ4v) is 3.29. The highest BCUT2D eigenvalue weighted by Gasteiger charge is 2.12. The van der Waals surface area contributed by atoms with Crippen LogP contribution in [-0.4, -0.2) is 12.1 Å². The quantitative estimate of drug-likeness (QED) is 0.753. The average Bonchev–Trinajstić information content (AvgIpc) is 2.80. The second-order valence-electron chi connectivity index (χ2n) is 4.38. The third-order valence-corrected chi connectivity index (χ3v) is 4.58. The van der Waals surface area contributed by atoms with Gasteiger partial charge in [-0.2, -0.15) is 0 Å². The van der Waals surface area contributed by atoms with Crippen molar-refractivity contribution in [3.8, 4) is 5.88 Å². The molecule has 0 atom stereocenters. The number of nitrogens with zero attached hydrogens (tertiary/aromatic N) is 1. The molecule has 2 rings (SSSR count). The summed E-state index contributed by atoms with van der Waals surface area (Å²) in [6, 6.07) is 0. The van der Waals surface area contributed by atoms with Crippen molar-refractivity contribution in [1.29, 1.82) is 0 Å². The number of hydrogen-bond donors (Lipinski definition) is 0. The van der Waals surface area contributed by atoms with E-state index >= 15 is 0 Å². The van der Waals surface area contributed by atoms with Crippen molar-refractivity contribution in [2.24, 2.45) is 5.92 Å². The van der Waals surface area contributed by atoms with Gasteiger partial charge in [0.05, 0.1) is 17.9 Å². The highest BCUT2D eigenvalue weighted by atomic mass is 35.5. The number of rotatable bonds is 4. The van der Waals surface area contributed by atoms with Crippen molar-refractivity contribution in [3.63, 3.8) is 0 Å². The maximum atomic E-state index is 5.84. The molecule has 1 aromatic rings. The zero-order valence-corrected chi connectivity index (χ0v) is 11.7. The molecular formula is C13H18ClNOS. The minimum atomic E-state index is 0.470. The van der Waals surface area contributed by atoms with Gasteiger partial charge in [-0.1, -0.05) is 25.3 Å². The van der Waals surface area contributed by atoms with Crippen LogP contribution in [0.2, 0.25) is 0 Å². The van der Waals surface area contributed by atoms with Gasteiger partial charge in [0.2, 0.25) is 5.88 Å². The Balaban J connectivity index is 2.01. The van der Waals surface area contributed by atoms with Crippen molar-refractivity contribution in [2.75, 3.05) is 7.11 Å². The SMILES string of the molecule is COc1nc(C=CC2CCCCC2)sc1CCl. The lowest BCUT2D eigenvalue weighted by Crippen LogP contribution is -2.02. The average molecular weight is 272 g/mol. The normalized spacial score (nSPS) is 17.8. The number of ether oxygens (including phenoxy) is 1. The van der Waals surface area contributed by atoms with Crippen LogP contribution in [0, 0.1) is 5.92 Å². The van der Waals surface area contributed by atoms with E-state index in [0.717, 1.165) is 15.8 Å². The molecule has 1 saturated carbocycles. The summed E-state index contributed by atoms with van der Waals surface area (Å²) in [5.41, 5.74) is 0. The number of hydrogen-bond acceptors (Lipinski definition) is 3. The first-order valence-corrected chi connectivity index (χ1v) is 7.46. The third-order valence-electron chi connectivity index (χ3n) is 3.15. The topological polar surface area (TPSA) is 22.1 Å². The Morgan fingerprint density at radius 3 is 2.76 bits per heavy atom. The summed E-state index contributed by atoms with van der Waals surface area (Å²) in [5, 5.41) is 1.00. The summed E-state index contributed by atoms with van der Waals surface area (Å²) in [5.74, 6) is 1.88. The molecule has 0 aromatic carbocycles. The van der Waals surface area contributed by atoms with E-state index in [-0.39, 0.29) is 0 Å². The molecule has 0 amide bonds. The summed E-state index contributed by atoms with van der Waals surface area (Å²) in [6.45, 7) is 0. The van der Waals surface area contributed by atoms with E-state index < -0.39 is 0 Å². The van der Waals surface area contributed by atoms with Crippen molar-refractivity contribution in [1.82, 2.24) is 4.98 Å². The second kappa shape index (κ2) is 6.41. The molecule has 2 nitrogen and oxygen atoms in total. The third kappa shape index (κ3) is 3.46. The molecule has 0 radical (unpaired) electrons. The lowest BCUT2D eigenvalue weighted by atomic mass is 9.89. The molecule has 0 unspecified atom stereocenters. The van der Waals surface area contributed by atoms with E-state index in [9.17, 15) is 0 Å². The molecule has 1 aliphatic rings. The molecule has 0 saturated heterocycles. The highest BCUT2D eigenvalue weighted by Crippen LogP contribution is 2.29. The van der Waals surface area contributed by atoms with Crippen LogP contribution in [-0.2, 0) is 5.88 Å². The van der Waals surface area contributed by atoms with E-state index in [1.54, 1.807) is 18.4 Å². The molecule has 1 aliphatic carbocycles. The fraction of sp³-hybridized carbons (Fsp3) is 0.615. The summed E-state index contributed by atoms with van der Waals surface area (Å²) < 4.78 is 5.19. The standard InChI is InChI=1S/C13H18ClNOS/c1-16-13-11(9-14)17-12(15-13)8-7-10-5-3-2-4-6-10/h7-8,10H,2-6,9H2,1H3. The zero-order chi connectivity index (χ0) is 12.1. The van der Waals surface area contributed by atoms with Crippen LogP contribution in [0.5, 0.6) is 5.88 Å². The smallest absolute Gasteiger partial charge is 0.229 e. The molecule has 1 aromatic heterocycles. The number of thiazole rings is 1. The molecule has 17 heavy (non-hydrogen) atoms. The number of alkyl halides is 1. The monoisotopic (exact) mass is 271 g/mol. The Kier molecular flexibility index (Phi) is 4.86. The summed E-state index contributed by atoms with van der Waals surface area (Å²) in [6.07, 6.45) is 11.2. The van der Waals surface area contributed by atoms with Crippen LogP contribution in [0.4, 0.5) is 0 Å². The fourth-order valence-electron chi connectivity index (χ4n) is 2.22. The molecule has 4 heteroatoms. The lowest BCUT2D eigenvalue weighted by Gasteiger charge is -2.17. The van der Waals surface area contributed by atoms with Gasteiger partial charge in [0.15, 0.2) is 0 Å². The Morgan fingerprint density at radius 1 is 1.41 bits per heavy atom. The van der Waals surface area contributed by atoms with Gasteiger partial charge in [-0.25, -0.2) is 4.98 Å². The maximum Gasteiger partial charge on any atom is 0.229 e. The number of aromatic nitrogens is 1. The Labute approximate surface area is 112 Å². The largest absolute Gasteiger partial charge is 0.480 e. The van der Waals surface area contributed by atoms with E-state index in [1.807, 2.05) is 0 Å². The Bertz CT molecular complexity index is 361. The molecule has 0 spiro atoms. The van der Waals surface area contributed by atoms with Gasteiger partial charge in [0.1, 0.15) is 5.01 Å². The molecule has 0 bridgehead atoms. The van der Waals surface area contributed by atoms with Crippen molar-refractivity contribution >= 4 is 29.0 Å². The number of methoxy groups -OCH3 is 1. The van der Waals surface area contributed by atoms with Crippen molar-refractivity contribution in [3.05, 3.63) is 16.0 Å². The number of halogens is 1. The van der Waals surface area contributed by atoms with Crippen molar-refractivity contribution < 1.29 is 4.74 Å². The Morgan fingerprint density at radius 2 is 2.18 bits per heavy atom. The first kappa shape index (κ1) is 12.9. The predicted octanol–water partition coefficient (Wildman–Crippen LogP) is 4.48. The molecule has 0 N–H and O–H groups in total. The summed E-state index contributed by atoms with van der Waals surface area (Å²) in [7, 11) is 1.64. The van der Waals surface area contributed by atoms with Crippen LogP contribution >= 0.6 is 22.9 Å². The van der Waals surface area contributed by atoms with Gasteiger partial charge in [-0.05, 0) is 24.8 Å². The van der Waals surface area contributed by atoms with Crippen LogP contribution < -0.4 is 4.74 Å². The molecule has 1 heterocycles. The lowest BCUT2D eigenvalue weighted by molar-refractivity contribution is 0.397. The van der Waals surface area contributed by atoms with E-state index in [4.69, 9.17) is 16.3 Å². The van der Waals surface area contributed by atoms with Crippen LogP contribution in [0.25, 0.3) is 6.08 Å². The molecule has 0 aliphatic heterocycles. The van der Waals surface area contributed by atoms with Gasteiger partial charge in [-0.15, -0.1) is 22.9 Å². The van der Waals surface area contributed by atoms with E-state index in [2.05, 4.69) is 17.1 Å². The van der Waals surface area contributed by atoms with Gasteiger partial charge in [-0.3, -0.25) is 0 Å². The number of allylic oxidation sites excluding steroid dienone is 1. The predicted molar refractivity (Wildman–Crippen MR) is 73.8 cm³/mol. The van der Waals surface area contributed by atoms with Crippen LogP contribution in [0.1, 0.15) is 42.0 Å². The Hall–Kier alpha value is -0.540. The molecule has 1 fully saturated rings. The van der Waals surface area contributed by atoms with Gasteiger partial charge in [0, 0.05) is 0 Å². The van der Waals surface area contributed by atoms with Gasteiger partial charge < -0.3 is 4.74 Å². The minimum Gasteiger partial charge on any atom is -0.480 e. The maximum absolute atomic E-state index is 5.84. The first-order chi connectivity index (χ1) is 8.33. The summed E-state index contributed by atoms with van der Waals surface area (Å²) in [4.78, 5) is 5.42. The van der Waals surface area contributed by atoms with Crippen LogP contribution in [0.15, 0.2) is 6.08 Å². The zero-order valence-electron chi connectivity index (χ0n) is 10.1. The summed E-state index contributed by atoms with van der Waals surface area (Å²) >= 11 is 7.46. The highest BCUT2D eigenvalue weighted by molar-refractivity contribution is 7.13. The van der Waals surface area contributed by atoms with E-state index in [1.165, 1.54) is 32.1 Å². The van der Waals surface area contributed by atoms with Gasteiger partial charge >= 0.3 is 0 Å². The minimum absolute atomic E-state index is 0.470. The van der Waals surface area contributed by atoms with Crippen LogP contribution in [0.3, 0.4) is 0 Å². The second-order valence-corrected chi connectivity index (χ2v) is 5.76. The molecular weight excluding hydrogens is 254 g/mol. The first-order valence-electron chi connectivity index (χ1n) is 6.11. The van der Waals surface area contributed by atoms with E-state index in [0.29, 0.717) is 11.8 Å².